The van der Waals surface area contributed by atoms with Crippen LogP contribution in [0.15, 0.2) is 42.5 Å². The summed E-state index contributed by atoms with van der Waals surface area (Å²) in [7, 11) is 0. The maximum atomic E-state index is 12.6. The van der Waals surface area contributed by atoms with Gasteiger partial charge in [0.05, 0.1) is 5.97 Å². The van der Waals surface area contributed by atoms with Crippen LogP contribution >= 0.6 is 0 Å². The second kappa shape index (κ2) is 6.97. The molecule has 3 rings (SSSR count). The van der Waals surface area contributed by atoms with E-state index in [0.717, 1.165) is 13.1 Å². The SMILES string of the molecule is Cc1ccc(C)c(N2CCN(C(=O)c3cccc(C(=O)[O-])c3)CC2)c1. The molecule has 1 aliphatic rings. The summed E-state index contributed by atoms with van der Waals surface area (Å²) in [6, 6.07) is 12.4. The molecule has 0 bridgehead atoms. The van der Waals surface area contributed by atoms with Crippen LogP contribution in [0.25, 0.3) is 0 Å². The van der Waals surface area contributed by atoms with Crippen molar-refractivity contribution in [2.24, 2.45) is 0 Å². The Balaban J connectivity index is 1.70. The molecule has 5 heteroatoms. The normalized spacial score (nSPS) is 14.5. The number of hydrogen-bond donors (Lipinski definition) is 0. The van der Waals surface area contributed by atoms with Gasteiger partial charge in [0.1, 0.15) is 0 Å². The van der Waals surface area contributed by atoms with Gasteiger partial charge in [0.25, 0.3) is 5.91 Å². The van der Waals surface area contributed by atoms with E-state index >= 15 is 0 Å². The second-order valence-electron chi connectivity index (χ2n) is 6.44. The van der Waals surface area contributed by atoms with E-state index in [0.29, 0.717) is 18.7 Å². The highest BCUT2D eigenvalue weighted by Gasteiger charge is 2.23. The number of nitrogens with zero attached hydrogens (tertiary/aromatic N) is 2. The summed E-state index contributed by atoms with van der Waals surface area (Å²) in [5, 5.41) is 11.0. The topological polar surface area (TPSA) is 63.7 Å². The van der Waals surface area contributed by atoms with Crippen LogP contribution in [0, 0.1) is 13.8 Å². The molecule has 0 radical (unpaired) electrons. The molecule has 1 saturated heterocycles. The number of carbonyl (C=O) groups excluding carboxylic acids is 2. The fraction of sp³-hybridized carbons (Fsp3) is 0.300. The molecule has 5 nitrogen and oxygen atoms in total. The van der Waals surface area contributed by atoms with E-state index in [-0.39, 0.29) is 11.5 Å². The molecular weight excluding hydrogens is 316 g/mol. The Bertz CT molecular complexity index is 808. The van der Waals surface area contributed by atoms with Gasteiger partial charge in [-0.25, -0.2) is 0 Å². The predicted octanol–water partition coefficient (Wildman–Crippen LogP) is 1.63. The van der Waals surface area contributed by atoms with E-state index < -0.39 is 5.97 Å². The first-order chi connectivity index (χ1) is 12.0. The third kappa shape index (κ3) is 3.65. The van der Waals surface area contributed by atoms with Crippen molar-refractivity contribution in [3.05, 3.63) is 64.7 Å². The van der Waals surface area contributed by atoms with E-state index in [1.54, 1.807) is 17.0 Å². The molecule has 25 heavy (non-hydrogen) atoms. The van der Waals surface area contributed by atoms with Crippen molar-refractivity contribution < 1.29 is 14.7 Å². The number of carboxylic acid groups (broad SMARTS) is 1. The van der Waals surface area contributed by atoms with Gasteiger partial charge >= 0.3 is 0 Å². The number of aryl methyl sites for hydroxylation is 2. The molecule has 1 aliphatic heterocycles. The van der Waals surface area contributed by atoms with Gasteiger partial charge in [0, 0.05) is 37.4 Å². The van der Waals surface area contributed by atoms with Crippen LogP contribution in [0.4, 0.5) is 5.69 Å². The van der Waals surface area contributed by atoms with Crippen molar-refractivity contribution in [3.8, 4) is 0 Å². The highest BCUT2D eigenvalue weighted by molar-refractivity contribution is 5.97. The maximum absolute atomic E-state index is 12.6. The molecule has 1 heterocycles. The molecule has 0 aromatic heterocycles. The van der Waals surface area contributed by atoms with Gasteiger partial charge in [0.2, 0.25) is 0 Å². The van der Waals surface area contributed by atoms with E-state index in [9.17, 15) is 14.7 Å². The van der Waals surface area contributed by atoms with E-state index in [4.69, 9.17) is 0 Å². The lowest BCUT2D eigenvalue weighted by Gasteiger charge is -2.37. The summed E-state index contributed by atoms with van der Waals surface area (Å²) in [4.78, 5) is 27.7. The zero-order chi connectivity index (χ0) is 18.0. The van der Waals surface area contributed by atoms with Crippen LogP contribution < -0.4 is 10.0 Å². The lowest BCUT2D eigenvalue weighted by Crippen LogP contribution is -2.49. The first kappa shape index (κ1) is 17.0. The summed E-state index contributed by atoms with van der Waals surface area (Å²) >= 11 is 0. The van der Waals surface area contributed by atoms with Crippen LogP contribution in [-0.2, 0) is 0 Å². The third-order valence-corrected chi connectivity index (χ3v) is 4.62. The third-order valence-electron chi connectivity index (χ3n) is 4.62. The minimum Gasteiger partial charge on any atom is -0.545 e. The van der Waals surface area contributed by atoms with Crippen molar-refractivity contribution in [2.75, 3.05) is 31.1 Å². The largest absolute Gasteiger partial charge is 0.545 e. The highest BCUT2D eigenvalue weighted by Crippen LogP contribution is 2.23. The molecule has 0 aliphatic carbocycles. The van der Waals surface area contributed by atoms with Gasteiger partial charge in [-0.05, 0) is 48.7 Å². The Labute approximate surface area is 147 Å². The van der Waals surface area contributed by atoms with Crippen LogP contribution in [0.3, 0.4) is 0 Å². The Hall–Kier alpha value is -2.82. The molecule has 0 atom stereocenters. The molecule has 0 N–H and O–H groups in total. The number of carboxylic acids is 1. The van der Waals surface area contributed by atoms with Gasteiger partial charge in [-0.3, -0.25) is 4.79 Å². The van der Waals surface area contributed by atoms with Gasteiger partial charge in [0.15, 0.2) is 0 Å². The number of aromatic carboxylic acids is 1. The number of rotatable bonds is 3. The van der Waals surface area contributed by atoms with E-state index in [1.807, 2.05) is 0 Å². The quantitative estimate of drug-likeness (QED) is 0.854. The fourth-order valence-electron chi connectivity index (χ4n) is 3.17. The second-order valence-corrected chi connectivity index (χ2v) is 6.44. The van der Waals surface area contributed by atoms with Crippen LogP contribution in [0.2, 0.25) is 0 Å². The van der Waals surface area contributed by atoms with Crippen molar-refractivity contribution >= 4 is 17.6 Å². The molecule has 1 fully saturated rings. The lowest BCUT2D eigenvalue weighted by atomic mass is 10.1. The number of hydrogen-bond acceptors (Lipinski definition) is 4. The summed E-state index contributed by atoms with van der Waals surface area (Å²) < 4.78 is 0. The van der Waals surface area contributed by atoms with Crippen LogP contribution in [-0.4, -0.2) is 43.0 Å². The Kier molecular flexibility index (Phi) is 4.74. The minimum atomic E-state index is -1.27. The maximum Gasteiger partial charge on any atom is 0.253 e. The number of carbonyl (C=O) groups is 2. The van der Waals surface area contributed by atoms with Crippen LogP contribution in [0.5, 0.6) is 0 Å². The molecular formula is C20H21N2O3-. The number of amides is 1. The Morgan fingerprint density at radius 2 is 1.60 bits per heavy atom. The zero-order valence-corrected chi connectivity index (χ0v) is 14.5. The summed E-state index contributed by atoms with van der Waals surface area (Å²) in [6.07, 6.45) is 0. The summed E-state index contributed by atoms with van der Waals surface area (Å²) in [5.74, 6) is -1.40. The monoisotopic (exact) mass is 337 g/mol. The van der Waals surface area contributed by atoms with Crippen molar-refractivity contribution in [1.29, 1.82) is 0 Å². The standard InChI is InChI=1S/C20H22N2O3/c1-14-6-7-15(2)18(12-14)21-8-10-22(11-9-21)19(23)16-4-3-5-17(13-16)20(24)25/h3-7,12-13H,8-11H2,1-2H3,(H,24,25)/p-1. The molecule has 2 aromatic carbocycles. The molecule has 0 unspecified atom stereocenters. The van der Waals surface area contributed by atoms with Gasteiger partial charge in [-0.2, -0.15) is 0 Å². The fourth-order valence-corrected chi connectivity index (χ4v) is 3.17. The number of piperazine rings is 1. The first-order valence-corrected chi connectivity index (χ1v) is 8.38. The Morgan fingerprint density at radius 1 is 0.920 bits per heavy atom. The lowest BCUT2D eigenvalue weighted by molar-refractivity contribution is -0.255. The molecule has 1 amide bonds. The predicted molar refractivity (Wildman–Crippen MR) is 94.8 cm³/mol. The summed E-state index contributed by atoms with van der Waals surface area (Å²) in [6.45, 7) is 6.92. The van der Waals surface area contributed by atoms with E-state index in [1.165, 1.54) is 28.9 Å². The minimum absolute atomic E-state index is 0.0277. The van der Waals surface area contributed by atoms with E-state index in [2.05, 4.69) is 36.9 Å². The average Bonchev–Trinajstić information content (AvgIpc) is 2.63. The van der Waals surface area contributed by atoms with Crippen molar-refractivity contribution in [1.82, 2.24) is 4.90 Å². The molecule has 0 saturated carbocycles. The zero-order valence-electron chi connectivity index (χ0n) is 14.5. The molecule has 2 aromatic rings. The molecule has 130 valence electrons. The van der Waals surface area contributed by atoms with Crippen molar-refractivity contribution in [3.63, 3.8) is 0 Å². The van der Waals surface area contributed by atoms with Gasteiger partial charge in [-0.15, -0.1) is 0 Å². The number of benzene rings is 2. The van der Waals surface area contributed by atoms with Gasteiger partial charge < -0.3 is 19.7 Å². The molecule has 0 spiro atoms. The first-order valence-electron chi connectivity index (χ1n) is 8.38. The van der Waals surface area contributed by atoms with Crippen molar-refractivity contribution in [2.45, 2.75) is 13.8 Å². The highest BCUT2D eigenvalue weighted by atomic mass is 16.4. The summed E-state index contributed by atoms with van der Waals surface area (Å²) in [5.41, 5.74) is 4.08. The smallest absolute Gasteiger partial charge is 0.253 e. The number of anilines is 1. The average molecular weight is 337 g/mol. The van der Waals surface area contributed by atoms with Crippen LogP contribution in [0.1, 0.15) is 31.8 Å². The Morgan fingerprint density at radius 3 is 2.28 bits per heavy atom. The van der Waals surface area contributed by atoms with Gasteiger partial charge in [-0.1, -0.05) is 24.3 Å².